The highest BCUT2D eigenvalue weighted by Gasteiger charge is 2.33. The third kappa shape index (κ3) is 4.26. The number of anilines is 1. The van der Waals surface area contributed by atoms with E-state index in [4.69, 9.17) is 0 Å². The molecular weight excluding hydrogens is 463 g/mol. The number of benzene rings is 1. The van der Waals surface area contributed by atoms with Crippen LogP contribution in [-0.2, 0) is 24.2 Å². The van der Waals surface area contributed by atoms with Crippen molar-refractivity contribution in [1.29, 1.82) is 0 Å². The van der Waals surface area contributed by atoms with Gasteiger partial charge in [0.2, 0.25) is 5.91 Å². The number of hydrogen-bond donors (Lipinski definition) is 2. The Morgan fingerprint density at radius 1 is 1.19 bits per heavy atom. The number of rotatable bonds is 5. The largest absolute Gasteiger partial charge is 0.395 e. The summed E-state index contributed by atoms with van der Waals surface area (Å²) in [5, 5.41) is 20.8. The highest BCUT2D eigenvalue weighted by Crippen LogP contribution is 2.30. The van der Waals surface area contributed by atoms with Gasteiger partial charge >= 0.3 is 0 Å². The van der Waals surface area contributed by atoms with Gasteiger partial charge in [-0.15, -0.1) is 10.2 Å². The lowest BCUT2D eigenvalue weighted by Crippen LogP contribution is -2.45. The Bertz CT molecular complexity index is 1350. The second kappa shape index (κ2) is 9.09. The number of amides is 2. The summed E-state index contributed by atoms with van der Waals surface area (Å²) in [5.41, 5.74) is 1.03. The fourth-order valence-corrected chi connectivity index (χ4v) is 4.83. The summed E-state index contributed by atoms with van der Waals surface area (Å²) >= 11 is 0. The van der Waals surface area contributed by atoms with Gasteiger partial charge in [-0.2, -0.15) is 0 Å². The molecule has 36 heavy (non-hydrogen) atoms. The van der Waals surface area contributed by atoms with E-state index in [1.165, 1.54) is 12.1 Å². The van der Waals surface area contributed by atoms with Gasteiger partial charge in [-0.05, 0) is 69.0 Å². The first-order valence-electron chi connectivity index (χ1n) is 12.1. The minimum absolute atomic E-state index is 0.117. The quantitative estimate of drug-likeness (QED) is 0.566. The van der Waals surface area contributed by atoms with Crippen LogP contribution in [0.25, 0.3) is 11.5 Å². The molecule has 1 atom stereocenters. The first-order valence-corrected chi connectivity index (χ1v) is 12.1. The minimum Gasteiger partial charge on any atom is -0.395 e. The van der Waals surface area contributed by atoms with Gasteiger partial charge in [-0.25, -0.2) is 9.37 Å². The van der Waals surface area contributed by atoms with Gasteiger partial charge in [0, 0.05) is 25.6 Å². The Hall–Kier alpha value is -3.66. The molecule has 0 bridgehead atoms. The number of hydrogen-bond acceptors (Lipinski definition) is 6. The molecular formula is C26H29FN6O3. The maximum absolute atomic E-state index is 14.9. The van der Waals surface area contributed by atoms with E-state index in [1.54, 1.807) is 36.9 Å². The standard InChI is InChI=1S/C26H29FN6O3/c1-15-7-8-22-30-31-23(33(15)22)20-5-4-6-21(28-20)29-24(35)18-11-17-13-32(25(36)26(2,3)14-34)10-9-16(17)12-19(18)27/h4-6,11-12,15,34H,7-10,13-14H2,1-3H3,(H,28,29,35)/t15-/m1/s1. The molecule has 188 valence electrons. The van der Waals surface area contributed by atoms with E-state index < -0.39 is 17.1 Å². The first-order chi connectivity index (χ1) is 17.2. The number of carbonyl (C=O) groups is 2. The van der Waals surface area contributed by atoms with Crippen molar-refractivity contribution in [3.63, 3.8) is 0 Å². The van der Waals surface area contributed by atoms with Crippen LogP contribution in [0.1, 0.15) is 60.5 Å². The Labute approximate surface area is 208 Å². The molecule has 2 amide bonds. The van der Waals surface area contributed by atoms with Crippen molar-refractivity contribution in [3.05, 3.63) is 58.7 Å². The van der Waals surface area contributed by atoms with Gasteiger partial charge in [-0.3, -0.25) is 9.59 Å². The summed E-state index contributed by atoms with van der Waals surface area (Å²) in [5.74, 6) is 0.405. The molecule has 0 spiro atoms. The molecule has 2 aliphatic rings. The molecule has 2 N–H and O–H groups in total. The number of aliphatic hydroxyl groups excluding tert-OH is 1. The normalized spacial score (nSPS) is 17.0. The molecule has 10 heteroatoms. The SMILES string of the molecule is C[C@@H]1CCc2nnc(-c3cccc(NC(=O)c4cc5c(cc4F)CCN(C(=O)C(C)(C)CO)C5)n3)n21. The number of fused-ring (bicyclic) bond motifs is 2. The third-order valence-corrected chi connectivity index (χ3v) is 7.02. The van der Waals surface area contributed by atoms with Gasteiger partial charge in [-0.1, -0.05) is 6.07 Å². The van der Waals surface area contributed by atoms with Gasteiger partial charge in [0.25, 0.3) is 5.91 Å². The topological polar surface area (TPSA) is 113 Å². The highest BCUT2D eigenvalue weighted by atomic mass is 19.1. The summed E-state index contributed by atoms with van der Waals surface area (Å²) in [6.07, 6.45) is 2.33. The number of aliphatic hydroxyl groups is 1. The Balaban J connectivity index is 1.37. The fourth-order valence-electron chi connectivity index (χ4n) is 4.83. The average molecular weight is 493 g/mol. The van der Waals surface area contributed by atoms with Crippen molar-refractivity contribution in [3.8, 4) is 11.5 Å². The van der Waals surface area contributed by atoms with Gasteiger partial charge in [0.05, 0.1) is 17.6 Å². The second-order valence-corrected chi connectivity index (χ2v) is 10.2. The fraction of sp³-hybridized carbons (Fsp3) is 0.423. The predicted octanol–water partition coefficient (Wildman–Crippen LogP) is 3.14. The minimum atomic E-state index is -0.906. The monoisotopic (exact) mass is 492 g/mol. The number of aryl methyl sites for hydroxylation is 1. The first kappa shape index (κ1) is 24.1. The number of aromatic nitrogens is 4. The lowest BCUT2D eigenvalue weighted by molar-refractivity contribution is -0.143. The van der Waals surface area contributed by atoms with Crippen molar-refractivity contribution in [1.82, 2.24) is 24.6 Å². The molecule has 9 nitrogen and oxygen atoms in total. The van der Waals surface area contributed by atoms with Crippen LogP contribution in [0.2, 0.25) is 0 Å². The molecule has 2 aliphatic heterocycles. The van der Waals surface area contributed by atoms with Crippen LogP contribution in [0.5, 0.6) is 0 Å². The van der Waals surface area contributed by atoms with Gasteiger partial charge in [0.15, 0.2) is 5.82 Å². The molecule has 4 heterocycles. The van der Waals surface area contributed by atoms with E-state index in [0.29, 0.717) is 30.0 Å². The van der Waals surface area contributed by atoms with Crippen molar-refractivity contribution < 1.29 is 19.1 Å². The third-order valence-electron chi connectivity index (χ3n) is 7.02. The molecule has 0 fully saturated rings. The molecule has 0 saturated heterocycles. The van der Waals surface area contributed by atoms with Gasteiger partial charge in [0.1, 0.15) is 23.2 Å². The predicted molar refractivity (Wildman–Crippen MR) is 131 cm³/mol. The molecule has 0 radical (unpaired) electrons. The number of nitrogens with zero attached hydrogens (tertiary/aromatic N) is 5. The molecule has 1 aromatic carbocycles. The average Bonchev–Trinajstić information content (AvgIpc) is 3.46. The summed E-state index contributed by atoms with van der Waals surface area (Å²) in [7, 11) is 0. The number of halogens is 1. The van der Waals surface area contributed by atoms with Crippen LogP contribution in [0.3, 0.4) is 0 Å². The lowest BCUT2D eigenvalue weighted by atomic mass is 9.90. The Morgan fingerprint density at radius 2 is 2.00 bits per heavy atom. The molecule has 2 aromatic heterocycles. The van der Waals surface area contributed by atoms with E-state index in [-0.39, 0.29) is 36.5 Å². The maximum atomic E-state index is 14.9. The van der Waals surface area contributed by atoms with Crippen molar-refractivity contribution in [2.24, 2.45) is 5.41 Å². The highest BCUT2D eigenvalue weighted by molar-refractivity contribution is 6.04. The Morgan fingerprint density at radius 3 is 2.78 bits per heavy atom. The van der Waals surface area contributed by atoms with E-state index in [1.807, 2.05) is 0 Å². The van der Waals surface area contributed by atoms with Crippen LogP contribution in [-0.4, -0.2) is 54.7 Å². The zero-order chi connectivity index (χ0) is 25.6. The van der Waals surface area contributed by atoms with E-state index in [9.17, 15) is 19.1 Å². The van der Waals surface area contributed by atoms with Crippen molar-refractivity contribution in [2.45, 2.75) is 52.6 Å². The van der Waals surface area contributed by atoms with E-state index in [0.717, 1.165) is 24.2 Å². The number of nitrogens with one attached hydrogen (secondary N) is 1. The number of carbonyl (C=O) groups excluding carboxylic acids is 2. The zero-order valence-corrected chi connectivity index (χ0v) is 20.6. The molecule has 3 aromatic rings. The number of pyridine rings is 1. The molecule has 0 saturated carbocycles. The molecule has 0 aliphatic carbocycles. The second-order valence-electron chi connectivity index (χ2n) is 10.2. The van der Waals surface area contributed by atoms with E-state index in [2.05, 4.69) is 32.0 Å². The molecule has 5 rings (SSSR count). The van der Waals surface area contributed by atoms with Crippen LogP contribution in [0.15, 0.2) is 30.3 Å². The summed E-state index contributed by atoms with van der Waals surface area (Å²) in [6, 6.07) is 8.34. The van der Waals surface area contributed by atoms with Gasteiger partial charge < -0.3 is 19.9 Å². The molecule has 0 unspecified atom stereocenters. The van der Waals surface area contributed by atoms with E-state index >= 15 is 0 Å². The smallest absolute Gasteiger partial charge is 0.259 e. The lowest BCUT2D eigenvalue weighted by Gasteiger charge is -2.34. The maximum Gasteiger partial charge on any atom is 0.259 e. The van der Waals surface area contributed by atoms with Crippen LogP contribution in [0, 0.1) is 11.2 Å². The van der Waals surface area contributed by atoms with Crippen LogP contribution in [0.4, 0.5) is 10.2 Å². The van der Waals surface area contributed by atoms with Crippen molar-refractivity contribution >= 4 is 17.6 Å². The summed E-state index contributed by atoms with van der Waals surface area (Å²) < 4.78 is 17.0. The zero-order valence-electron chi connectivity index (χ0n) is 20.6. The van der Waals surface area contributed by atoms with Crippen molar-refractivity contribution in [2.75, 3.05) is 18.5 Å². The summed E-state index contributed by atoms with van der Waals surface area (Å²) in [4.78, 5) is 32.0. The Kier molecular flexibility index (Phi) is 6.07. The summed E-state index contributed by atoms with van der Waals surface area (Å²) in [6.45, 7) is 5.89. The van der Waals surface area contributed by atoms with Crippen LogP contribution < -0.4 is 5.32 Å². The van der Waals surface area contributed by atoms with Crippen LogP contribution >= 0.6 is 0 Å².